The number of aromatic nitrogens is 2. The minimum absolute atomic E-state index is 0.305. The number of carbonyl (C=O) groups excluding carboxylic acids is 1. The molecule has 2 aromatic heterocycles. The van der Waals surface area contributed by atoms with Crippen LogP contribution in [0.3, 0.4) is 0 Å². The summed E-state index contributed by atoms with van der Waals surface area (Å²) in [6.07, 6.45) is 3.11. The van der Waals surface area contributed by atoms with Crippen molar-refractivity contribution in [2.24, 2.45) is 4.99 Å². The summed E-state index contributed by atoms with van der Waals surface area (Å²) in [4.78, 5) is 25.8. The number of hydrogen-bond acceptors (Lipinski definition) is 6. The highest BCUT2D eigenvalue weighted by Gasteiger charge is 2.20. The average Bonchev–Trinajstić information content (AvgIpc) is 3.19. The van der Waals surface area contributed by atoms with Crippen LogP contribution in [0.1, 0.15) is 43.9 Å². The summed E-state index contributed by atoms with van der Waals surface area (Å²) in [5, 5.41) is 12.0. The molecule has 1 aromatic carbocycles. The first-order chi connectivity index (χ1) is 14.5. The Morgan fingerprint density at radius 3 is 2.77 bits per heavy atom. The van der Waals surface area contributed by atoms with E-state index in [-0.39, 0.29) is 5.91 Å². The molecule has 0 atom stereocenters. The Morgan fingerprint density at radius 1 is 1.17 bits per heavy atom. The summed E-state index contributed by atoms with van der Waals surface area (Å²) in [5.74, 6) is 0.202. The number of nitrogens with zero attached hydrogens (tertiary/aromatic N) is 4. The summed E-state index contributed by atoms with van der Waals surface area (Å²) in [6.45, 7) is 4.19. The van der Waals surface area contributed by atoms with Gasteiger partial charge in [0, 0.05) is 35.3 Å². The molecule has 0 bridgehead atoms. The van der Waals surface area contributed by atoms with Gasteiger partial charge in [-0.2, -0.15) is 5.26 Å². The molecule has 0 unspecified atom stereocenters. The molecular weight excluding hydrogens is 378 g/mol. The molecule has 1 amide bonds. The monoisotopic (exact) mass is 397 g/mol. The second-order valence-corrected chi connectivity index (χ2v) is 6.96. The molecule has 30 heavy (non-hydrogen) atoms. The third kappa shape index (κ3) is 3.40. The molecule has 1 N–H and O–H groups in total. The average molecular weight is 397 g/mol. The zero-order valence-electron chi connectivity index (χ0n) is 16.9. The van der Waals surface area contributed by atoms with Gasteiger partial charge in [0.1, 0.15) is 11.8 Å². The zero-order valence-corrected chi connectivity index (χ0v) is 16.9. The molecule has 1 aliphatic rings. The van der Waals surface area contributed by atoms with Crippen LogP contribution in [0.2, 0.25) is 0 Å². The molecule has 7 heteroatoms. The number of hydrogen-bond donors (Lipinski definition) is 1. The van der Waals surface area contributed by atoms with E-state index in [1.165, 1.54) is 6.20 Å². The standard InChI is InChI=1S/C23H19N5O2/c1-13-14(2)21(26-12-17(13)10-24)23(29)28-18-5-4-16-11-27-22(19(16)9-18)15-6-7-25-20(8-15)30-3/h4-9,12H,11H2,1-3H3,(H,28,29). The third-order valence-electron chi connectivity index (χ3n) is 5.23. The number of amides is 1. The second kappa shape index (κ2) is 7.76. The molecule has 4 rings (SSSR count). The van der Waals surface area contributed by atoms with Crippen LogP contribution < -0.4 is 10.1 Å². The first kappa shape index (κ1) is 19.3. The van der Waals surface area contributed by atoms with Gasteiger partial charge < -0.3 is 10.1 Å². The third-order valence-corrected chi connectivity index (χ3v) is 5.23. The molecular formula is C23H19N5O2. The number of nitriles is 1. The van der Waals surface area contributed by atoms with Gasteiger partial charge in [-0.25, -0.2) is 9.97 Å². The van der Waals surface area contributed by atoms with Gasteiger partial charge in [0.15, 0.2) is 0 Å². The Balaban J connectivity index is 1.63. The molecule has 0 radical (unpaired) electrons. The van der Waals surface area contributed by atoms with Gasteiger partial charge in [-0.15, -0.1) is 0 Å². The van der Waals surface area contributed by atoms with Crippen molar-refractivity contribution in [1.29, 1.82) is 5.26 Å². The summed E-state index contributed by atoms with van der Waals surface area (Å²) >= 11 is 0. The number of methoxy groups -OCH3 is 1. The quantitative estimate of drug-likeness (QED) is 0.725. The number of fused-ring (bicyclic) bond motifs is 1. The van der Waals surface area contributed by atoms with E-state index in [2.05, 4.69) is 26.3 Å². The van der Waals surface area contributed by atoms with Crippen molar-refractivity contribution >= 4 is 17.3 Å². The van der Waals surface area contributed by atoms with Gasteiger partial charge in [0.25, 0.3) is 5.91 Å². The largest absolute Gasteiger partial charge is 0.481 e. The van der Waals surface area contributed by atoms with Crippen LogP contribution in [0.25, 0.3) is 0 Å². The van der Waals surface area contributed by atoms with Crippen LogP contribution in [0.4, 0.5) is 5.69 Å². The van der Waals surface area contributed by atoms with Gasteiger partial charge in [0.05, 0.1) is 24.9 Å². The van der Waals surface area contributed by atoms with Crippen LogP contribution in [-0.4, -0.2) is 28.7 Å². The van der Waals surface area contributed by atoms with E-state index >= 15 is 0 Å². The molecule has 0 spiro atoms. The number of anilines is 1. The lowest BCUT2D eigenvalue weighted by Gasteiger charge is -2.11. The van der Waals surface area contributed by atoms with E-state index in [0.29, 0.717) is 34.9 Å². The highest BCUT2D eigenvalue weighted by Crippen LogP contribution is 2.27. The van der Waals surface area contributed by atoms with Gasteiger partial charge in [0.2, 0.25) is 5.88 Å². The molecule has 0 saturated heterocycles. The van der Waals surface area contributed by atoms with E-state index in [1.54, 1.807) is 20.2 Å². The van der Waals surface area contributed by atoms with E-state index in [4.69, 9.17) is 10.00 Å². The van der Waals surface area contributed by atoms with Crippen molar-refractivity contribution in [1.82, 2.24) is 9.97 Å². The van der Waals surface area contributed by atoms with Crippen molar-refractivity contribution < 1.29 is 9.53 Å². The Bertz CT molecular complexity index is 1240. The zero-order chi connectivity index (χ0) is 21.3. The van der Waals surface area contributed by atoms with E-state index in [1.807, 2.05) is 37.3 Å². The molecule has 0 aliphatic carbocycles. The predicted octanol–water partition coefficient (Wildman–Crippen LogP) is 3.58. The number of nitrogens with one attached hydrogen (secondary N) is 1. The Labute approximate surface area is 174 Å². The minimum Gasteiger partial charge on any atom is -0.481 e. The fourth-order valence-electron chi connectivity index (χ4n) is 3.41. The van der Waals surface area contributed by atoms with Gasteiger partial charge in [-0.3, -0.25) is 9.79 Å². The van der Waals surface area contributed by atoms with Crippen molar-refractivity contribution in [3.05, 3.63) is 81.8 Å². The number of benzene rings is 1. The van der Waals surface area contributed by atoms with Crippen LogP contribution in [0.15, 0.2) is 47.7 Å². The molecule has 148 valence electrons. The Kier molecular flexibility index (Phi) is 4.98. The SMILES string of the molecule is COc1cc(C2=NCc3ccc(NC(=O)c4ncc(C#N)c(C)c4C)cc32)ccn1. The summed E-state index contributed by atoms with van der Waals surface area (Å²) in [7, 11) is 1.57. The van der Waals surface area contributed by atoms with Crippen molar-refractivity contribution in [3.63, 3.8) is 0 Å². The number of aliphatic imine (C=N–C) groups is 1. The Morgan fingerprint density at radius 2 is 2.00 bits per heavy atom. The maximum Gasteiger partial charge on any atom is 0.274 e. The van der Waals surface area contributed by atoms with Crippen molar-refractivity contribution in [2.45, 2.75) is 20.4 Å². The molecule has 1 aliphatic heterocycles. The fourth-order valence-corrected chi connectivity index (χ4v) is 3.41. The van der Waals surface area contributed by atoms with Crippen LogP contribution in [0.5, 0.6) is 5.88 Å². The lowest BCUT2D eigenvalue weighted by atomic mass is 10.00. The minimum atomic E-state index is -0.317. The summed E-state index contributed by atoms with van der Waals surface area (Å²) in [6, 6.07) is 11.5. The van der Waals surface area contributed by atoms with Gasteiger partial charge in [-0.1, -0.05) is 6.07 Å². The van der Waals surface area contributed by atoms with Gasteiger partial charge in [-0.05, 0) is 48.7 Å². The molecule has 7 nitrogen and oxygen atoms in total. The predicted molar refractivity (Wildman–Crippen MR) is 113 cm³/mol. The lowest BCUT2D eigenvalue weighted by molar-refractivity contribution is 0.102. The lowest BCUT2D eigenvalue weighted by Crippen LogP contribution is -2.16. The number of ether oxygens (including phenoxy) is 1. The van der Waals surface area contributed by atoms with E-state index in [0.717, 1.165) is 28.0 Å². The fraction of sp³-hybridized carbons (Fsp3) is 0.174. The summed E-state index contributed by atoms with van der Waals surface area (Å²) in [5.41, 5.74) is 6.66. The smallest absolute Gasteiger partial charge is 0.274 e. The maximum atomic E-state index is 12.8. The van der Waals surface area contributed by atoms with Gasteiger partial charge >= 0.3 is 0 Å². The summed E-state index contributed by atoms with van der Waals surface area (Å²) < 4.78 is 5.21. The molecule has 3 heterocycles. The topological polar surface area (TPSA) is 100 Å². The van der Waals surface area contributed by atoms with Crippen molar-refractivity contribution in [2.75, 3.05) is 12.4 Å². The first-order valence-electron chi connectivity index (χ1n) is 9.37. The highest BCUT2D eigenvalue weighted by molar-refractivity contribution is 6.16. The van der Waals surface area contributed by atoms with Crippen molar-refractivity contribution in [3.8, 4) is 11.9 Å². The number of rotatable bonds is 4. The highest BCUT2D eigenvalue weighted by atomic mass is 16.5. The van der Waals surface area contributed by atoms with Crippen LogP contribution >= 0.6 is 0 Å². The van der Waals surface area contributed by atoms with Crippen LogP contribution in [-0.2, 0) is 6.54 Å². The molecule has 3 aromatic rings. The second-order valence-electron chi connectivity index (χ2n) is 6.96. The van der Waals surface area contributed by atoms with E-state index in [9.17, 15) is 4.79 Å². The van der Waals surface area contributed by atoms with Crippen LogP contribution in [0, 0.1) is 25.2 Å². The normalized spacial score (nSPS) is 12.0. The molecule has 0 fully saturated rings. The maximum absolute atomic E-state index is 12.8. The Hall–Kier alpha value is -4.05. The van der Waals surface area contributed by atoms with E-state index < -0.39 is 0 Å². The number of pyridine rings is 2. The first-order valence-corrected chi connectivity index (χ1v) is 9.37. The molecule has 0 saturated carbocycles. The number of carbonyl (C=O) groups is 1.